The van der Waals surface area contributed by atoms with E-state index in [2.05, 4.69) is 20.2 Å². The van der Waals surface area contributed by atoms with E-state index in [0.29, 0.717) is 11.5 Å². The van der Waals surface area contributed by atoms with Crippen molar-refractivity contribution in [3.63, 3.8) is 0 Å². The van der Waals surface area contributed by atoms with Crippen LogP contribution in [0.2, 0.25) is 0 Å². The third-order valence-electron chi connectivity index (χ3n) is 4.57. The third kappa shape index (κ3) is 6.55. The van der Waals surface area contributed by atoms with Crippen molar-refractivity contribution in [2.24, 2.45) is 0 Å². The Morgan fingerprint density at radius 2 is 1.91 bits per heavy atom. The van der Waals surface area contributed by atoms with E-state index in [1.807, 2.05) is 31.2 Å². The highest BCUT2D eigenvalue weighted by atomic mass is 19.4. The number of benzene rings is 1. The van der Waals surface area contributed by atoms with Crippen LogP contribution in [0.5, 0.6) is 5.75 Å². The molecule has 170 valence electrons. The Balaban J connectivity index is 1.60. The lowest BCUT2D eigenvalue weighted by Crippen LogP contribution is -2.33. The molecule has 32 heavy (non-hydrogen) atoms. The zero-order valence-electron chi connectivity index (χ0n) is 17.5. The van der Waals surface area contributed by atoms with Crippen LogP contribution < -0.4 is 10.1 Å². The van der Waals surface area contributed by atoms with E-state index in [1.54, 1.807) is 6.20 Å². The predicted molar refractivity (Wildman–Crippen MR) is 109 cm³/mol. The van der Waals surface area contributed by atoms with E-state index in [0.717, 1.165) is 16.7 Å². The number of hydrogen-bond acceptors (Lipinski definition) is 6. The number of methoxy groups -OCH3 is 1. The summed E-state index contributed by atoms with van der Waals surface area (Å²) in [6.45, 7) is 0.567. The SMILES string of the molecule is COCC(NC(=O)Cc1ccc(-c2cnoc2C)cc1)c1ccc(OCC(F)(F)F)cn1. The molecular weight excluding hydrogens is 427 g/mol. The van der Waals surface area contributed by atoms with E-state index < -0.39 is 18.8 Å². The molecule has 3 rings (SSSR count). The van der Waals surface area contributed by atoms with Crippen molar-refractivity contribution in [1.29, 1.82) is 0 Å². The van der Waals surface area contributed by atoms with Gasteiger partial charge in [0, 0.05) is 12.7 Å². The number of rotatable bonds is 9. The highest BCUT2D eigenvalue weighted by Gasteiger charge is 2.28. The van der Waals surface area contributed by atoms with E-state index in [4.69, 9.17) is 9.26 Å². The molecule has 0 spiro atoms. The lowest BCUT2D eigenvalue weighted by atomic mass is 10.0. The lowest BCUT2D eigenvalue weighted by Gasteiger charge is -2.18. The molecule has 3 aromatic rings. The number of pyridine rings is 1. The Hall–Kier alpha value is -3.40. The first-order valence-electron chi connectivity index (χ1n) is 9.69. The summed E-state index contributed by atoms with van der Waals surface area (Å²) >= 11 is 0. The number of aryl methyl sites for hydroxylation is 1. The van der Waals surface area contributed by atoms with Gasteiger partial charge in [-0.3, -0.25) is 9.78 Å². The van der Waals surface area contributed by atoms with Crippen LogP contribution in [0, 0.1) is 6.92 Å². The first-order valence-corrected chi connectivity index (χ1v) is 9.69. The van der Waals surface area contributed by atoms with Crippen LogP contribution in [-0.2, 0) is 16.0 Å². The fourth-order valence-corrected chi connectivity index (χ4v) is 3.02. The van der Waals surface area contributed by atoms with Gasteiger partial charge < -0.3 is 19.3 Å². The summed E-state index contributed by atoms with van der Waals surface area (Å²) in [6.07, 6.45) is -1.48. The Morgan fingerprint density at radius 1 is 1.16 bits per heavy atom. The maximum atomic E-state index is 12.5. The highest BCUT2D eigenvalue weighted by molar-refractivity contribution is 5.79. The molecular formula is C22H22F3N3O4. The van der Waals surface area contributed by atoms with Crippen molar-refractivity contribution in [3.05, 3.63) is 65.8 Å². The summed E-state index contributed by atoms with van der Waals surface area (Å²) in [5.74, 6) is 0.442. The molecule has 10 heteroatoms. The minimum Gasteiger partial charge on any atom is -0.483 e. The second-order valence-electron chi connectivity index (χ2n) is 7.07. The Bertz CT molecular complexity index is 1020. The zero-order valence-corrected chi connectivity index (χ0v) is 17.5. The van der Waals surface area contributed by atoms with Gasteiger partial charge >= 0.3 is 6.18 Å². The number of nitrogens with zero attached hydrogens (tertiary/aromatic N) is 2. The molecule has 1 atom stereocenters. The average molecular weight is 449 g/mol. The summed E-state index contributed by atoms with van der Waals surface area (Å²) in [6, 6.07) is 9.75. The fraction of sp³-hybridized carbons (Fsp3) is 0.318. The molecule has 0 aliphatic heterocycles. The summed E-state index contributed by atoms with van der Waals surface area (Å²) in [5, 5.41) is 6.60. The van der Waals surface area contributed by atoms with Crippen LogP contribution in [0.25, 0.3) is 11.1 Å². The summed E-state index contributed by atoms with van der Waals surface area (Å²) < 4.78 is 51.7. The van der Waals surface area contributed by atoms with Gasteiger partial charge in [0.25, 0.3) is 0 Å². The van der Waals surface area contributed by atoms with E-state index in [1.165, 1.54) is 25.4 Å². The number of aromatic nitrogens is 2. The molecule has 0 saturated carbocycles. The molecule has 0 aliphatic carbocycles. The maximum absolute atomic E-state index is 12.5. The van der Waals surface area contributed by atoms with Crippen LogP contribution in [-0.4, -0.2) is 42.5 Å². The lowest BCUT2D eigenvalue weighted by molar-refractivity contribution is -0.153. The number of carbonyl (C=O) groups excluding carboxylic acids is 1. The number of carbonyl (C=O) groups is 1. The fourth-order valence-electron chi connectivity index (χ4n) is 3.02. The van der Waals surface area contributed by atoms with Gasteiger partial charge in [-0.05, 0) is 30.2 Å². The van der Waals surface area contributed by atoms with Gasteiger partial charge in [-0.1, -0.05) is 29.4 Å². The molecule has 1 unspecified atom stereocenters. The van der Waals surface area contributed by atoms with Gasteiger partial charge in [0.2, 0.25) is 5.91 Å². The largest absolute Gasteiger partial charge is 0.483 e. The first kappa shape index (κ1) is 23.3. The van der Waals surface area contributed by atoms with Crippen LogP contribution in [0.4, 0.5) is 13.2 Å². The van der Waals surface area contributed by atoms with Gasteiger partial charge in [-0.25, -0.2) is 0 Å². The molecule has 0 bridgehead atoms. The Labute approximate surface area is 182 Å². The number of amides is 1. The van der Waals surface area contributed by atoms with Gasteiger partial charge in [-0.2, -0.15) is 13.2 Å². The summed E-state index contributed by atoms with van der Waals surface area (Å²) in [5.41, 5.74) is 3.07. The molecule has 2 heterocycles. The summed E-state index contributed by atoms with van der Waals surface area (Å²) in [7, 11) is 1.48. The normalized spacial score (nSPS) is 12.4. The number of hydrogen-bond donors (Lipinski definition) is 1. The molecule has 0 radical (unpaired) electrons. The van der Waals surface area contributed by atoms with E-state index >= 15 is 0 Å². The minimum absolute atomic E-state index is 0.0169. The van der Waals surface area contributed by atoms with Gasteiger partial charge in [0.1, 0.15) is 11.5 Å². The Morgan fingerprint density at radius 3 is 2.47 bits per heavy atom. The summed E-state index contributed by atoms with van der Waals surface area (Å²) in [4.78, 5) is 16.7. The van der Waals surface area contributed by atoms with E-state index in [9.17, 15) is 18.0 Å². The van der Waals surface area contributed by atoms with Gasteiger partial charge in [0.15, 0.2) is 6.61 Å². The monoisotopic (exact) mass is 449 g/mol. The van der Waals surface area contributed by atoms with Crippen LogP contribution >= 0.6 is 0 Å². The smallest absolute Gasteiger partial charge is 0.422 e. The number of ether oxygens (including phenoxy) is 2. The standard InChI is InChI=1S/C22H22F3N3O4/c1-14-18(11-27-32-14)16-5-3-15(4-6-16)9-21(29)28-20(12-30-2)19-8-7-17(10-26-19)31-13-22(23,24)25/h3-8,10-11,20H,9,12-13H2,1-2H3,(H,28,29). The first-order chi connectivity index (χ1) is 15.2. The Kier molecular flexibility index (Phi) is 7.47. The molecule has 0 fully saturated rings. The van der Waals surface area contributed by atoms with Crippen molar-refractivity contribution < 1.29 is 32.0 Å². The van der Waals surface area contributed by atoms with Crippen LogP contribution in [0.15, 0.2) is 53.3 Å². The van der Waals surface area contributed by atoms with Crippen LogP contribution in [0.1, 0.15) is 23.1 Å². The van der Waals surface area contributed by atoms with Gasteiger partial charge in [-0.15, -0.1) is 0 Å². The molecule has 7 nitrogen and oxygen atoms in total. The molecule has 1 aromatic carbocycles. The van der Waals surface area contributed by atoms with Gasteiger partial charge in [0.05, 0.1) is 37.2 Å². The second-order valence-corrected chi connectivity index (χ2v) is 7.07. The third-order valence-corrected chi connectivity index (χ3v) is 4.57. The molecule has 2 aromatic heterocycles. The predicted octanol–water partition coefficient (Wildman–Crippen LogP) is 4.03. The maximum Gasteiger partial charge on any atom is 0.422 e. The number of nitrogens with one attached hydrogen (secondary N) is 1. The van der Waals surface area contributed by atoms with Crippen molar-refractivity contribution in [2.45, 2.75) is 25.6 Å². The van der Waals surface area contributed by atoms with Crippen molar-refractivity contribution >= 4 is 5.91 Å². The van der Waals surface area contributed by atoms with Crippen molar-refractivity contribution in [3.8, 4) is 16.9 Å². The number of halogens is 3. The minimum atomic E-state index is -4.43. The highest BCUT2D eigenvalue weighted by Crippen LogP contribution is 2.23. The van der Waals surface area contributed by atoms with E-state index in [-0.39, 0.29) is 24.7 Å². The quantitative estimate of drug-likeness (QED) is 0.531. The van der Waals surface area contributed by atoms with Crippen LogP contribution in [0.3, 0.4) is 0 Å². The van der Waals surface area contributed by atoms with Crippen molar-refractivity contribution in [2.75, 3.05) is 20.3 Å². The number of alkyl halides is 3. The molecule has 1 N–H and O–H groups in total. The molecule has 0 aliphatic rings. The molecule has 1 amide bonds. The van der Waals surface area contributed by atoms with Crippen molar-refractivity contribution in [1.82, 2.24) is 15.5 Å². The topological polar surface area (TPSA) is 86.5 Å². The molecule has 0 saturated heterocycles. The zero-order chi connectivity index (χ0) is 23.1. The second kappa shape index (κ2) is 10.3. The average Bonchev–Trinajstić information content (AvgIpc) is 3.18.